The number of carbonyl (C=O) groups is 1. The van der Waals surface area contributed by atoms with Crippen molar-refractivity contribution in [3.8, 4) is 16.3 Å². The number of thiazole rings is 1. The highest BCUT2D eigenvalue weighted by molar-refractivity contribution is 7.13. The summed E-state index contributed by atoms with van der Waals surface area (Å²) in [6, 6.07) is 12.1. The number of aryl methyl sites for hydroxylation is 1. The molecule has 4 nitrogen and oxygen atoms in total. The number of halogens is 1. The van der Waals surface area contributed by atoms with Crippen LogP contribution in [0.3, 0.4) is 0 Å². The van der Waals surface area contributed by atoms with E-state index in [0.717, 1.165) is 40.3 Å². The minimum Gasteiger partial charge on any atom is -0.494 e. The number of fused-ring (bicyclic) bond motifs is 1. The van der Waals surface area contributed by atoms with E-state index in [2.05, 4.69) is 0 Å². The highest BCUT2D eigenvalue weighted by atomic mass is 32.1. The van der Waals surface area contributed by atoms with E-state index >= 15 is 0 Å². The lowest BCUT2D eigenvalue weighted by Crippen LogP contribution is -2.04. The maximum Gasteiger partial charge on any atom is 0.336 e. The number of carboxylic acid groups (broad SMARTS) is 1. The van der Waals surface area contributed by atoms with E-state index in [1.807, 2.05) is 42.6 Å². The molecule has 0 saturated heterocycles. The van der Waals surface area contributed by atoms with E-state index in [0.29, 0.717) is 24.3 Å². The third-order valence-electron chi connectivity index (χ3n) is 5.12. The van der Waals surface area contributed by atoms with Crippen molar-refractivity contribution in [2.24, 2.45) is 0 Å². The van der Waals surface area contributed by atoms with Gasteiger partial charge in [0.1, 0.15) is 16.6 Å². The SMILES string of the molecule is CCOc1ccc(-c2nc(/C3=C\CCCc4ccc(F)cc4C(C(=O)O)=C3)cs2)cc1. The summed E-state index contributed by atoms with van der Waals surface area (Å²) in [5.41, 5.74) is 3.78. The Bertz CT molecular complexity index is 1160. The molecule has 31 heavy (non-hydrogen) atoms. The largest absolute Gasteiger partial charge is 0.494 e. The Morgan fingerprint density at radius 2 is 2.03 bits per heavy atom. The predicted molar refractivity (Wildman–Crippen MR) is 122 cm³/mol. The molecule has 158 valence electrons. The monoisotopic (exact) mass is 435 g/mol. The molecule has 4 rings (SSSR count). The molecule has 0 amide bonds. The van der Waals surface area contributed by atoms with E-state index in [9.17, 15) is 14.3 Å². The van der Waals surface area contributed by atoms with E-state index in [4.69, 9.17) is 9.72 Å². The molecule has 1 aliphatic rings. The molecule has 0 unspecified atom stereocenters. The molecular weight excluding hydrogens is 413 g/mol. The van der Waals surface area contributed by atoms with Crippen molar-refractivity contribution in [1.82, 2.24) is 4.98 Å². The Morgan fingerprint density at radius 3 is 2.77 bits per heavy atom. The molecule has 1 heterocycles. The van der Waals surface area contributed by atoms with Crippen molar-refractivity contribution in [1.29, 1.82) is 0 Å². The number of carboxylic acids is 1. The summed E-state index contributed by atoms with van der Waals surface area (Å²) in [6.07, 6.45) is 5.95. The number of nitrogens with zero attached hydrogens (tertiary/aromatic N) is 1. The second kappa shape index (κ2) is 9.27. The van der Waals surface area contributed by atoms with Gasteiger partial charge >= 0.3 is 5.97 Å². The highest BCUT2D eigenvalue weighted by Gasteiger charge is 2.19. The van der Waals surface area contributed by atoms with Crippen LogP contribution in [0.4, 0.5) is 4.39 Å². The quantitative estimate of drug-likeness (QED) is 0.516. The normalized spacial score (nSPS) is 15.5. The molecular formula is C25H22FNO3S. The summed E-state index contributed by atoms with van der Waals surface area (Å²) in [7, 11) is 0. The Balaban J connectivity index is 1.71. The average molecular weight is 436 g/mol. The first-order chi connectivity index (χ1) is 15.0. The van der Waals surface area contributed by atoms with Crippen LogP contribution in [0.1, 0.15) is 36.6 Å². The van der Waals surface area contributed by atoms with Gasteiger partial charge in [-0.3, -0.25) is 0 Å². The number of benzene rings is 2. The van der Waals surface area contributed by atoms with Crippen molar-refractivity contribution in [3.63, 3.8) is 0 Å². The average Bonchev–Trinajstić information content (AvgIpc) is 3.26. The van der Waals surface area contributed by atoms with Crippen LogP contribution in [0.25, 0.3) is 21.7 Å². The maximum atomic E-state index is 13.9. The summed E-state index contributed by atoms with van der Waals surface area (Å²) in [4.78, 5) is 16.8. The Morgan fingerprint density at radius 1 is 1.23 bits per heavy atom. The van der Waals surface area contributed by atoms with Crippen LogP contribution in [0, 0.1) is 5.82 Å². The second-order valence-electron chi connectivity index (χ2n) is 7.21. The lowest BCUT2D eigenvalue weighted by atomic mass is 9.95. The minimum atomic E-state index is -1.08. The predicted octanol–water partition coefficient (Wildman–Crippen LogP) is 6.24. The third kappa shape index (κ3) is 4.75. The molecule has 1 aromatic heterocycles. The Hall–Kier alpha value is -3.25. The zero-order valence-corrected chi connectivity index (χ0v) is 17.9. The molecule has 0 spiro atoms. The third-order valence-corrected chi connectivity index (χ3v) is 6.01. The number of hydrogen-bond donors (Lipinski definition) is 1. The number of aliphatic carboxylic acids is 1. The van der Waals surface area contributed by atoms with Gasteiger partial charge in [0.15, 0.2) is 0 Å². The van der Waals surface area contributed by atoms with Crippen LogP contribution in [0.2, 0.25) is 0 Å². The van der Waals surface area contributed by atoms with Gasteiger partial charge in [-0.25, -0.2) is 14.2 Å². The standard InChI is InChI=1S/C25H22FNO3S/c1-2-30-20-11-8-17(9-12-20)24-27-23(15-31-24)18-6-4-3-5-16-7-10-19(26)14-21(16)22(13-18)25(28)29/h6-15H,2-5H2,1H3,(H,28,29)/b18-6-,22-13?. The topological polar surface area (TPSA) is 59.4 Å². The number of allylic oxidation sites excluding steroid dienone is 3. The first-order valence-corrected chi connectivity index (χ1v) is 11.1. The van der Waals surface area contributed by atoms with Gasteiger partial charge in [0, 0.05) is 10.9 Å². The summed E-state index contributed by atoms with van der Waals surface area (Å²) in [6.45, 7) is 2.55. The van der Waals surface area contributed by atoms with Crippen molar-refractivity contribution < 1.29 is 19.0 Å². The smallest absolute Gasteiger partial charge is 0.336 e. The van der Waals surface area contributed by atoms with E-state index in [1.165, 1.54) is 23.5 Å². The van der Waals surface area contributed by atoms with Gasteiger partial charge in [-0.15, -0.1) is 11.3 Å². The molecule has 0 atom stereocenters. The lowest BCUT2D eigenvalue weighted by molar-refractivity contribution is -0.130. The van der Waals surface area contributed by atoms with E-state index < -0.39 is 11.8 Å². The van der Waals surface area contributed by atoms with Crippen molar-refractivity contribution >= 4 is 28.5 Å². The van der Waals surface area contributed by atoms with Crippen LogP contribution in [-0.2, 0) is 11.2 Å². The van der Waals surface area contributed by atoms with Crippen LogP contribution >= 0.6 is 11.3 Å². The number of ether oxygens (including phenoxy) is 1. The van der Waals surface area contributed by atoms with Gasteiger partial charge in [-0.2, -0.15) is 0 Å². The lowest BCUT2D eigenvalue weighted by Gasteiger charge is -2.10. The first kappa shape index (κ1) is 21.0. The molecule has 0 bridgehead atoms. The Kier molecular flexibility index (Phi) is 6.28. The molecule has 0 fully saturated rings. The molecule has 1 aliphatic carbocycles. The van der Waals surface area contributed by atoms with Crippen molar-refractivity contribution in [3.05, 3.63) is 82.6 Å². The van der Waals surface area contributed by atoms with Gasteiger partial charge in [0.2, 0.25) is 0 Å². The van der Waals surface area contributed by atoms with E-state index in [1.54, 1.807) is 12.1 Å². The summed E-state index contributed by atoms with van der Waals surface area (Å²) < 4.78 is 19.4. The summed E-state index contributed by atoms with van der Waals surface area (Å²) >= 11 is 1.50. The molecule has 0 radical (unpaired) electrons. The van der Waals surface area contributed by atoms with Crippen LogP contribution < -0.4 is 4.74 Å². The molecule has 1 N–H and O–H groups in total. The molecule has 3 aromatic rings. The fraction of sp³-hybridized carbons (Fsp3) is 0.200. The van der Waals surface area contributed by atoms with Crippen LogP contribution in [-0.4, -0.2) is 22.7 Å². The fourth-order valence-corrected chi connectivity index (χ4v) is 4.45. The van der Waals surface area contributed by atoms with Gasteiger partial charge < -0.3 is 9.84 Å². The van der Waals surface area contributed by atoms with Crippen molar-refractivity contribution in [2.45, 2.75) is 26.2 Å². The number of hydrogen-bond acceptors (Lipinski definition) is 4. The number of aromatic nitrogens is 1. The molecule has 6 heteroatoms. The first-order valence-electron chi connectivity index (χ1n) is 10.2. The number of rotatable bonds is 5. The van der Waals surface area contributed by atoms with Crippen LogP contribution in [0.15, 0.2) is 60.0 Å². The van der Waals surface area contributed by atoms with Gasteiger partial charge in [0.25, 0.3) is 0 Å². The zero-order valence-electron chi connectivity index (χ0n) is 17.1. The van der Waals surface area contributed by atoms with Crippen LogP contribution in [0.5, 0.6) is 5.75 Å². The maximum absolute atomic E-state index is 13.9. The summed E-state index contributed by atoms with van der Waals surface area (Å²) in [5, 5.41) is 12.6. The second-order valence-corrected chi connectivity index (χ2v) is 8.07. The minimum absolute atomic E-state index is 0.0817. The molecule has 0 saturated carbocycles. The van der Waals surface area contributed by atoms with Gasteiger partial charge in [-0.05, 0) is 85.4 Å². The van der Waals surface area contributed by atoms with Crippen molar-refractivity contribution in [2.75, 3.05) is 6.61 Å². The molecule has 2 aromatic carbocycles. The zero-order chi connectivity index (χ0) is 21.8. The fourth-order valence-electron chi connectivity index (χ4n) is 3.61. The van der Waals surface area contributed by atoms with Gasteiger partial charge in [0.05, 0.1) is 17.9 Å². The molecule has 0 aliphatic heterocycles. The Labute approximate surface area is 184 Å². The van der Waals surface area contributed by atoms with E-state index in [-0.39, 0.29) is 5.57 Å². The summed E-state index contributed by atoms with van der Waals surface area (Å²) in [5.74, 6) is -0.717. The van der Waals surface area contributed by atoms with Gasteiger partial charge in [-0.1, -0.05) is 12.1 Å². The highest BCUT2D eigenvalue weighted by Crippen LogP contribution is 2.32.